The van der Waals surface area contributed by atoms with Crippen molar-refractivity contribution >= 4 is 23.4 Å². The van der Waals surface area contributed by atoms with Crippen molar-refractivity contribution in [1.82, 2.24) is 5.32 Å². The Bertz CT molecular complexity index is 464. The number of nitrogens with one attached hydrogen (secondary N) is 1. The van der Waals surface area contributed by atoms with Crippen LogP contribution in [0.15, 0.2) is 24.3 Å². The zero-order chi connectivity index (χ0) is 14.4. The highest BCUT2D eigenvalue weighted by Crippen LogP contribution is 2.41. The van der Waals surface area contributed by atoms with Gasteiger partial charge in [-0.25, -0.2) is 0 Å². The Morgan fingerprint density at radius 1 is 1.40 bits per heavy atom. The van der Waals surface area contributed by atoms with Crippen molar-refractivity contribution in [2.24, 2.45) is 5.92 Å². The highest BCUT2D eigenvalue weighted by molar-refractivity contribution is 7.98. The van der Waals surface area contributed by atoms with Gasteiger partial charge in [0.05, 0.1) is 6.07 Å². The van der Waals surface area contributed by atoms with Crippen molar-refractivity contribution in [3.05, 3.63) is 34.9 Å². The van der Waals surface area contributed by atoms with Crippen LogP contribution in [-0.2, 0) is 5.75 Å². The summed E-state index contributed by atoms with van der Waals surface area (Å²) in [6.45, 7) is 3.06. The number of hydrogen-bond acceptors (Lipinski definition) is 3. The van der Waals surface area contributed by atoms with E-state index in [-0.39, 0.29) is 5.54 Å². The zero-order valence-electron chi connectivity index (χ0n) is 11.9. The van der Waals surface area contributed by atoms with Crippen molar-refractivity contribution in [3.8, 4) is 6.07 Å². The van der Waals surface area contributed by atoms with Crippen LogP contribution in [0.4, 0.5) is 0 Å². The van der Waals surface area contributed by atoms with Crippen LogP contribution >= 0.6 is 23.4 Å². The van der Waals surface area contributed by atoms with Crippen LogP contribution in [-0.4, -0.2) is 17.8 Å². The molecule has 1 fully saturated rings. The van der Waals surface area contributed by atoms with Gasteiger partial charge in [0, 0.05) is 16.5 Å². The van der Waals surface area contributed by atoms with Gasteiger partial charge in [-0.2, -0.15) is 17.0 Å². The number of nitrogens with zero attached hydrogens (tertiary/aromatic N) is 1. The molecule has 0 radical (unpaired) electrons. The van der Waals surface area contributed by atoms with E-state index in [1.54, 1.807) is 0 Å². The normalized spacial score (nSPS) is 17.4. The number of thioether (sulfide) groups is 1. The Balaban J connectivity index is 1.88. The molecular formula is C16H21ClN2S. The highest BCUT2D eigenvalue weighted by atomic mass is 35.5. The summed E-state index contributed by atoms with van der Waals surface area (Å²) < 4.78 is 0. The first-order valence-corrected chi connectivity index (χ1v) is 8.72. The molecule has 1 aromatic carbocycles. The highest BCUT2D eigenvalue weighted by Gasteiger charge is 2.45. The fraction of sp³-hybridized carbons (Fsp3) is 0.562. The summed E-state index contributed by atoms with van der Waals surface area (Å²) in [6, 6.07) is 10.5. The first-order valence-electron chi connectivity index (χ1n) is 7.18. The summed E-state index contributed by atoms with van der Waals surface area (Å²) in [7, 11) is 0. The molecular weight excluding hydrogens is 288 g/mol. The van der Waals surface area contributed by atoms with Gasteiger partial charge in [-0.15, -0.1) is 0 Å². The lowest BCUT2D eigenvalue weighted by molar-refractivity contribution is 0.405. The van der Waals surface area contributed by atoms with E-state index in [2.05, 4.69) is 30.4 Å². The number of nitriles is 1. The molecule has 0 aromatic heterocycles. The predicted octanol–water partition coefficient (Wildman–Crippen LogP) is 4.25. The van der Waals surface area contributed by atoms with Gasteiger partial charge in [-0.1, -0.05) is 30.7 Å². The Morgan fingerprint density at radius 2 is 2.10 bits per heavy atom. The van der Waals surface area contributed by atoms with Gasteiger partial charge in [0.15, 0.2) is 0 Å². The lowest BCUT2D eigenvalue weighted by Crippen LogP contribution is -2.48. The summed E-state index contributed by atoms with van der Waals surface area (Å²) in [4.78, 5) is 0. The van der Waals surface area contributed by atoms with Crippen molar-refractivity contribution in [2.75, 3.05) is 12.3 Å². The third kappa shape index (κ3) is 4.15. The van der Waals surface area contributed by atoms with Gasteiger partial charge in [0.2, 0.25) is 0 Å². The minimum absolute atomic E-state index is 0.326. The molecule has 1 N–H and O–H groups in total. The maximum absolute atomic E-state index is 9.60. The standard InChI is InChI=1S/C16H21ClN2S/c1-2-9-19-16(11-18,14-5-6-14)12-20-10-13-3-7-15(17)8-4-13/h3-4,7-8,14,19H,2,5-6,9-10,12H2,1H3. The molecule has 1 aliphatic rings. The average molecular weight is 309 g/mol. The SMILES string of the molecule is CCCNC(C#N)(CSCc1ccc(Cl)cc1)C1CC1. The molecule has 0 saturated heterocycles. The Labute approximate surface area is 130 Å². The number of rotatable bonds is 8. The van der Waals surface area contributed by atoms with Gasteiger partial charge in [0.25, 0.3) is 0 Å². The Hall–Kier alpha value is -0.690. The maximum atomic E-state index is 9.60. The van der Waals surface area contributed by atoms with E-state index in [0.717, 1.165) is 29.5 Å². The van der Waals surface area contributed by atoms with E-state index >= 15 is 0 Å². The lowest BCUT2D eigenvalue weighted by Gasteiger charge is -2.27. The van der Waals surface area contributed by atoms with E-state index in [4.69, 9.17) is 11.6 Å². The number of benzene rings is 1. The minimum Gasteiger partial charge on any atom is -0.298 e. The molecule has 1 aliphatic carbocycles. The van der Waals surface area contributed by atoms with Gasteiger partial charge in [-0.05, 0) is 49.4 Å². The fourth-order valence-corrected chi connectivity index (χ4v) is 3.69. The quantitative estimate of drug-likeness (QED) is 0.780. The Morgan fingerprint density at radius 3 is 2.65 bits per heavy atom. The summed E-state index contributed by atoms with van der Waals surface area (Å²) in [6.07, 6.45) is 3.44. The van der Waals surface area contributed by atoms with Crippen LogP contribution in [0.3, 0.4) is 0 Å². The maximum Gasteiger partial charge on any atom is 0.118 e. The third-order valence-corrected chi connectivity index (χ3v) is 5.12. The molecule has 0 spiro atoms. The molecule has 20 heavy (non-hydrogen) atoms. The first-order chi connectivity index (χ1) is 9.70. The molecule has 2 rings (SSSR count). The molecule has 0 bridgehead atoms. The molecule has 1 aromatic rings. The van der Waals surface area contributed by atoms with Crippen LogP contribution in [0.25, 0.3) is 0 Å². The second-order valence-corrected chi connectivity index (χ2v) is 6.83. The topological polar surface area (TPSA) is 35.8 Å². The second kappa shape index (κ2) is 7.36. The van der Waals surface area contributed by atoms with Crippen LogP contribution < -0.4 is 5.32 Å². The Kier molecular flexibility index (Phi) is 5.77. The first kappa shape index (κ1) is 15.7. The van der Waals surface area contributed by atoms with Crippen molar-refractivity contribution < 1.29 is 0 Å². The predicted molar refractivity (Wildman–Crippen MR) is 87.0 cm³/mol. The number of hydrogen-bond donors (Lipinski definition) is 1. The van der Waals surface area contributed by atoms with Gasteiger partial charge in [-0.3, -0.25) is 5.32 Å². The molecule has 4 heteroatoms. The monoisotopic (exact) mass is 308 g/mol. The molecule has 0 amide bonds. The van der Waals surface area contributed by atoms with Crippen LogP contribution in [0.5, 0.6) is 0 Å². The summed E-state index contributed by atoms with van der Waals surface area (Å²) in [5.74, 6) is 2.33. The summed E-state index contributed by atoms with van der Waals surface area (Å²) in [5, 5.41) is 13.9. The molecule has 1 unspecified atom stereocenters. The van der Waals surface area contributed by atoms with Gasteiger partial charge in [0.1, 0.15) is 5.54 Å². The van der Waals surface area contributed by atoms with Crippen LogP contribution in [0.2, 0.25) is 5.02 Å². The lowest BCUT2D eigenvalue weighted by atomic mass is 9.97. The molecule has 108 valence electrons. The van der Waals surface area contributed by atoms with E-state index in [1.165, 1.54) is 18.4 Å². The third-order valence-electron chi connectivity index (χ3n) is 3.68. The second-order valence-electron chi connectivity index (χ2n) is 5.40. The zero-order valence-corrected chi connectivity index (χ0v) is 13.4. The minimum atomic E-state index is -0.326. The van der Waals surface area contributed by atoms with Crippen molar-refractivity contribution in [2.45, 2.75) is 37.5 Å². The van der Waals surface area contributed by atoms with Crippen molar-refractivity contribution in [3.63, 3.8) is 0 Å². The average Bonchev–Trinajstić information content (AvgIpc) is 3.30. The molecule has 1 atom stereocenters. The molecule has 1 saturated carbocycles. The largest absolute Gasteiger partial charge is 0.298 e. The molecule has 2 nitrogen and oxygen atoms in total. The van der Waals surface area contributed by atoms with Gasteiger partial charge >= 0.3 is 0 Å². The van der Waals surface area contributed by atoms with Gasteiger partial charge < -0.3 is 0 Å². The summed E-state index contributed by atoms with van der Waals surface area (Å²) >= 11 is 7.72. The molecule has 0 aliphatic heterocycles. The van der Waals surface area contributed by atoms with E-state index < -0.39 is 0 Å². The smallest absolute Gasteiger partial charge is 0.118 e. The van der Waals surface area contributed by atoms with Crippen LogP contribution in [0.1, 0.15) is 31.7 Å². The van der Waals surface area contributed by atoms with E-state index in [1.807, 2.05) is 23.9 Å². The van der Waals surface area contributed by atoms with Crippen molar-refractivity contribution in [1.29, 1.82) is 5.26 Å². The fourth-order valence-electron chi connectivity index (χ4n) is 2.31. The van der Waals surface area contributed by atoms with E-state index in [0.29, 0.717) is 5.92 Å². The molecule has 0 heterocycles. The van der Waals surface area contributed by atoms with E-state index in [9.17, 15) is 5.26 Å². The van der Waals surface area contributed by atoms with Crippen LogP contribution in [0, 0.1) is 17.2 Å². The summed E-state index contributed by atoms with van der Waals surface area (Å²) in [5.41, 5.74) is 0.935. The number of halogens is 1.